The van der Waals surface area contributed by atoms with Crippen molar-refractivity contribution in [2.45, 2.75) is 36.8 Å². The molecule has 108 valence electrons. The summed E-state index contributed by atoms with van der Waals surface area (Å²) in [5.41, 5.74) is 6.22. The minimum absolute atomic E-state index is 0.271. The quantitative estimate of drug-likeness (QED) is 0.826. The summed E-state index contributed by atoms with van der Waals surface area (Å²) in [5.74, 6) is -0.303. The van der Waals surface area contributed by atoms with Crippen LogP contribution < -0.4 is 11.4 Å². The van der Waals surface area contributed by atoms with Gasteiger partial charge < -0.3 is 5.73 Å². The molecular formula is C13H17FN4OS. The highest BCUT2D eigenvalue weighted by atomic mass is 32.2. The van der Waals surface area contributed by atoms with Gasteiger partial charge in [0.15, 0.2) is 5.16 Å². The Hall–Kier alpha value is -1.60. The average molecular weight is 296 g/mol. The Balaban J connectivity index is 2.36. The van der Waals surface area contributed by atoms with Crippen molar-refractivity contribution < 1.29 is 4.39 Å². The van der Waals surface area contributed by atoms with Gasteiger partial charge >= 0.3 is 5.69 Å². The zero-order valence-corrected chi connectivity index (χ0v) is 12.2. The van der Waals surface area contributed by atoms with Gasteiger partial charge in [-0.15, -0.1) is 5.10 Å². The molecule has 0 aliphatic rings. The largest absolute Gasteiger partial charge is 0.343 e. The van der Waals surface area contributed by atoms with Crippen LogP contribution in [-0.2, 0) is 6.54 Å². The zero-order chi connectivity index (χ0) is 14.7. The van der Waals surface area contributed by atoms with Gasteiger partial charge in [-0.3, -0.25) is 4.57 Å². The first-order chi connectivity index (χ1) is 9.54. The molecule has 0 bridgehead atoms. The summed E-state index contributed by atoms with van der Waals surface area (Å²) in [7, 11) is 0. The van der Waals surface area contributed by atoms with Crippen LogP contribution in [-0.4, -0.2) is 20.8 Å². The van der Waals surface area contributed by atoms with Crippen molar-refractivity contribution in [2.24, 2.45) is 5.73 Å². The molecule has 2 aromatic rings. The van der Waals surface area contributed by atoms with Crippen molar-refractivity contribution in [3.63, 3.8) is 0 Å². The smallest absolute Gasteiger partial charge is 0.327 e. The molecule has 0 fully saturated rings. The highest BCUT2D eigenvalue weighted by molar-refractivity contribution is 7.99. The predicted octanol–water partition coefficient (Wildman–Crippen LogP) is 1.91. The Morgan fingerprint density at radius 2 is 2.20 bits per heavy atom. The van der Waals surface area contributed by atoms with Crippen molar-refractivity contribution in [1.82, 2.24) is 14.8 Å². The van der Waals surface area contributed by atoms with Gasteiger partial charge in [0.25, 0.3) is 0 Å². The van der Waals surface area contributed by atoms with E-state index in [1.807, 2.05) is 13.8 Å². The number of aromatic nitrogens is 3. The number of thioether (sulfide) groups is 1. The SMILES string of the molecule is CCn1c(SC(c2ccccc2F)C(C)N)n[nH]c1=O. The number of nitrogens with two attached hydrogens (primary N) is 1. The summed E-state index contributed by atoms with van der Waals surface area (Å²) in [6.07, 6.45) is 0. The Bertz CT molecular complexity index is 637. The van der Waals surface area contributed by atoms with Gasteiger partial charge in [-0.05, 0) is 19.9 Å². The van der Waals surface area contributed by atoms with Crippen molar-refractivity contribution >= 4 is 11.8 Å². The van der Waals surface area contributed by atoms with Crippen molar-refractivity contribution in [3.05, 3.63) is 46.1 Å². The lowest BCUT2D eigenvalue weighted by Gasteiger charge is -2.20. The fraction of sp³-hybridized carbons (Fsp3) is 0.385. The standard InChI is InChI=1S/C13H17FN4OS/c1-3-18-12(19)16-17-13(18)20-11(8(2)15)9-6-4-5-7-10(9)14/h4-8,11H,3,15H2,1-2H3,(H,16,19). The summed E-state index contributed by atoms with van der Waals surface area (Å²) in [4.78, 5) is 11.6. The van der Waals surface area contributed by atoms with Crippen molar-refractivity contribution in [2.75, 3.05) is 0 Å². The van der Waals surface area contributed by atoms with Crippen LogP contribution in [0.4, 0.5) is 4.39 Å². The molecule has 3 N–H and O–H groups in total. The fourth-order valence-corrected chi connectivity index (χ4v) is 3.14. The monoisotopic (exact) mass is 296 g/mol. The fourth-order valence-electron chi connectivity index (χ4n) is 1.95. The van der Waals surface area contributed by atoms with Gasteiger partial charge in [-0.1, -0.05) is 30.0 Å². The maximum Gasteiger partial charge on any atom is 0.343 e. The Kier molecular flexibility index (Phi) is 4.61. The van der Waals surface area contributed by atoms with Gasteiger partial charge in [0.1, 0.15) is 5.82 Å². The summed E-state index contributed by atoms with van der Waals surface area (Å²) in [5, 5.41) is 6.58. The molecule has 0 aliphatic carbocycles. The van der Waals surface area contributed by atoms with E-state index in [9.17, 15) is 9.18 Å². The van der Waals surface area contributed by atoms with E-state index >= 15 is 0 Å². The molecule has 0 spiro atoms. The summed E-state index contributed by atoms with van der Waals surface area (Å²) in [6.45, 7) is 4.16. The lowest BCUT2D eigenvalue weighted by atomic mass is 10.1. The van der Waals surface area contributed by atoms with E-state index in [4.69, 9.17) is 5.73 Å². The van der Waals surface area contributed by atoms with Crippen LogP contribution in [0.5, 0.6) is 0 Å². The number of benzene rings is 1. The third-order valence-electron chi connectivity index (χ3n) is 2.96. The lowest BCUT2D eigenvalue weighted by Crippen LogP contribution is -2.24. The van der Waals surface area contributed by atoms with Crippen LogP contribution in [0.25, 0.3) is 0 Å². The number of H-pyrrole nitrogens is 1. The topological polar surface area (TPSA) is 76.7 Å². The molecule has 20 heavy (non-hydrogen) atoms. The molecular weight excluding hydrogens is 279 g/mol. The Morgan fingerprint density at radius 1 is 1.50 bits per heavy atom. The van der Waals surface area contributed by atoms with Gasteiger partial charge in [0.2, 0.25) is 0 Å². The van der Waals surface area contributed by atoms with E-state index in [0.29, 0.717) is 17.3 Å². The van der Waals surface area contributed by atoms with Crippen LogP contribution in [0, 0.1) is 5.82 Å². The average Bonchev–Trinajstić information content (AvgIpc) is 2.77. The maximum atomic E-state index is 13.9. The number of hydrogen-bond donors (Lipinski definition) is 2. The minimum atomic E-state index is -0.309. The first-order valence-electron chi connectivity index (χ1n) is 6.36. The number of rotatable bonds is 5. The molecule has 0 radical (unpaired) electrons. The Morgan fingerprint density at radius 3 is 2.80 bits per heavy atom. The molecule has 5 nitrogen and oxygen atoms in total. The summed E-state index contributed by atoms with van der Waals surface area (Å²) < 4.78 is 15.4. The molecule has 2 unspecified atom stereocenters. The van der Waals surface area contributed by atoms with E-state index < -0.39 is 0 Å². The van der Waals surface area contributed by atoms with Crippen LogP contribution >= 0.6 is 11.8 Å². The van der Waals surface area contributed by atoms with E-state index in [1.165, 1.54) is 22.4 Å². The van der Waals surface area contributed by atoms with Gasteiger partial charge in [-0.25, -0.2) is 14.3 Å². The van der Waals surface area contributed by atoms with E-state index in [0.717, 1.165) is 0 Å². The minimum Gasteiger partial charge on any atom is -0.327 e. The van der Waals surface area contributed by atoms with Gasteiger partial charge in [0.05, 0.1) is 5.25 Å². The molecule has 0 saturated carbocycles. The first-order valence-corrected chi connectivity index (χ1v) is 7.24. The van der Waals surface area contributed by atoms with Crippen molar-refractivity contribution in [1.29, 1.82) is 0 Å². The predicted molar refractivity (Wildman–Crippen MR) is 77.2 cm³/mol. The molecule has 1 heterocycles. The zero-order valence-electron chi connectivity index (χ0n) is 11.3. The number of nitrogens with one attached hydrogen (secondary N) is 1. The lowest BCUT2D eigenvalue weighted by molar-refractivity contribution is 0.590. The first kappa shape index (κ1) is 14.8. The normalized spacial score (nSPS) is 14.2. The second-order valence-electron chi connectivity index (χ2n) is 4.47. The van der Waals surface area contributed by atoms with E-state index in [1.54, 1.807) is 18.2 Å². The highest BCUT2D eigenvalue weighted by Crippen LogP contribution is 2.36. The highest BCUT2D eigenvalue weighted by Gasteiger charge is 2.23. The third kappa shape index (κ3) is 2.94. The molecule has 0 aliphatic heterocycles. The molecule has 2 rings (SSSR count). The Labute approximate surface area is 120 Å². The molecule has 2 atom stereocenters. The van der Waals surface area contributed by atoms with Gasteiger partial charge in [0, 0.05) is 18.2 Å². The number of hydrogen-bond acceptors (Lipinski definition) is 4. The number of halogens is 1. The van der Waals surface area contributed by atoms with Crippen LogP contribution in [0.15, 0.2) is 34.2 Å². The third-order valence-corrected chi connectivity index (χ3v) is 4.42. The second kappa shape index (κ2) is 6.23. The van der Waals surface area contributed by atoms with Crippen LogP contribution in [0.2, 0.25) is 0 Å². The number of aromatic amines is 1. The van der Waals surface area contributed by atoms with E-state index in [2.05, 4.69) is 10.2 Å². The van der Waals surface area contributed by atoms with Gasteiger partial charge in [-0.2, -0.15) is 0 Å². The maximum absolute atomic E-state index is 13.9. The number of nitrogens with zero attached hydrogens (tertiary/aromatic N) is 2. The molecule has 1 aromatic carbocycles. The van der Waals surface area contributed by atoms with Crippen LogP contribution in [0.3, 0.4) is 0 Å². The molecule has 7 heteroatoms. The molecule has 1 aromatic heterocycles. The summed E-state index contributed by atoms with van der Waals surface area (Å²) >= 11 is 1.29. The second-order valence-corrected chi connectivity index (χ2v) is 5.58. The molecule has 0 amide bonds. The summed E-state index contributed by atoms with van der Waals surface area (Å²) in [6, 6.07) is 6.23. The van der Waals surface area contributed by atoms with Crippen LogP contribution in [0.1, 0.15) is 24.7 Å². The van der Waals surface area contributed by atoms with E-state index in [-0.39, 0.29) is 22.8 Å². The molecule has 0 saturated heterocycles. The van der Waals surface area contributed by atoms with Crippen molar-refractivity contribution in [3.8, 4) is 0 Å².